The first-order valence-electron chi connectivity index (χ1n) is 7.22. The lowest BCUT2D eigenvalue weighted by atomic mass is 10.0. The van der Waals surface area contributed by atoms with Crippen LogP contribution in [0, 0.1) is 12.8 Å². The highest BCUT2D eigenvalue weighted by Gasteiger charge is 2.28. The van der Waals surface area contributed by atoms with Crippen LogP contribution in [-0.2, 0) is 0 Å². The number of fused-ring (bicyclic) bond motifs is 1. The summed E-state index contributed by atoms with van der Waals surface area (Å²) in [4.78, 5) is 29.5. The van der Waals surface area contributed by atoms with Crippen molar-refractivity contribution in [1.82, 2.24) is 9.88 Å². The van der Waals surface area contributed by atoms with Crippen LogP contribution in [0.25, 0.3) is 10.9 Å². The van der Waals surface area contributed by atoms with E-state index >= 15 is 0 Å². The summed E-state index contributed by atoms with van der Waals surface area (Å²) in [7, 11) is 0. The molecule has 1 aromatic carbocycles. The SMILES string of the molecule is Cc1c(C(=O)N2CCC(CN)C2)c(=O)[nH]c2ccccc12. The number of nitrogens with two attached hydrogens (primary N) is 1. The Kier molecular flexibility index (Phi) is 3.51. The van der Waals surface area contributed by atoms with Gasteiger partial charge in [-0.3, -0.25) is 9.59 Å². The van der Waals surface area contributed by atoms with E-state index in [9.17, 15) is 9.59 Å². The molecule has 1 unspecified atom stereocenters. The first kappa shape index (κ1) is 13.8. The van der Waals surface area contributed by atoms with Gasteiger partial charge in [-0.15, -0.1) is 0 Å². The number of benzene rings is 1. The number of amides is 1. The molecule has 1 atom stereocenters. The Balaban J connectivity index is 2.04. The quantitative estimate of drug-likeness (QED) is 0.871. The fraction of sp³-hybridized carbons (Fsp3) is 0.375. The second-order valence-corrected chi connectivity index (χ2v) is 5.64. The summed E-state index contributed by atoms with van der Waals surface area (Å²) in [6.07, 6.45) is 0.909. The number of pyridine rings is 1. The van der Waals surface area contributed by atoms with Gasteiger partial charge in [0.15, 0.2) is 0 Å². The number of rotatable bonds is 2. The van der Waals surface area contributed by atoms with E-state index in [1.807, 2.05) is 31.2 Å². The van der Waals surface area contributed by atoms with Crippen molar-refractivity contribution in [2.75, 3.05) is 19.6 Å². The third-order valence-electron chi connectivity index (χ3n) is 4.30. The Morgan fingerprint density at radius 3 is 2.90 bits per heavy atom. The number of aromatic nitrogens is 1. The largest absolute Gasteiger partial charge is 0.338 e. The summed E-state index contributed by atoms with van der Waals surface area (Å²) in [5.74, 6) is 0.157. The minimum absolute atomic E-state index is 0.185. The summed E-state index contributed by atoms with van der Waals surface area (Å²) in [5, 5.41) is 0.912. The molecule has 0 aliphatic carbocycles. The van der Waals surface area contributed by atoms with Gasteiger partial charge < -0.3 is 15.6 Å². The molecule has 0 radical (unpaired) electrons. The summed E-state index contributed by atoms with van der Waals surface area (Å²) in [6, 6.07) is 7.54. The fourth-order valence-corrected chi connectivity index (χ4v) is 3.03. The Hall–Kier alpha value is -2.14. The fourth-order valence-electron chi connectivity index (χ4n) is 3.03. The molecular formula is C16H19N3O2. The van der Waals surface area contributed by atoms with Gasteiger partial charge in [0.05, 0.1) is 0 Å². The smallest absolute Gasteiger partial charge is 0.261 e. The number of hydrogen-bond donors (Lipinski definition) is 2. The number of para-hydroxylation sites is 1. The van der Waals surface area contributed by atoms with E-state index in [0.717, 1.165) is 22.9 Å². The molecule has 1 amide bonds. The Bertz CT molecular complexity index is 751. The molecule has 5 heteroatoms. The second kappa shape index (κ2) is 5.33. The van der Waals surface area contributed by atoms with E-state index in [1.165, 1.54) is 0 Å². The van der Waals surface area contributed by atoms with Crippen molar-refractivity contribution in [2.45, 2.75) is 13.3 Å². The normalized spacial score (nSPS) is 18.4. The third kappa shape index (κ3) is 2.34. The lowest BCUT2D eigenvalue weighted by Crippen LogP contribution is -2.34. The van der Waals surface area contributed by atoms with Crippen LogP contribution in [0.15, 0.2) is 29.1 Å². The van der Waals surface area contributed by atoms with Crippen molar-refractivity contribution in [3.8, 4) is 0 Å². The van der Waals surface area contributed by atoms with Crippen molar-refractivity contribution in [2.24, 2.45) is 11.7 Å². The first-order valence-corrected chi connectivity index (χ1v) is 7.22. The summed E-state index contributed by atoms with van der Waals surface area (Å²) >= 11 is 0. The van der Waals surface area contributed by atoms with E-state index in [2.05, 4.69) is 4.98 Å². The number of hydrogen-bond acceptors (Lipinski definition) is 3. The molecule has 3 N–H and O–H groups in total. The van der Waals surface area contributed by atoms with Gasteiger partial charge in [0.2, 0.25) is 0 Å². The highest BCUT2D eigenvalue weighted by atomic mass is 16.2. The Morgan fingerprint density at radius 1 is 1.43 bits per heavy atom. The van der Waals surface area contributed by atoms with Crippen molar-refractivity contribution in [1.29, 1.82) is 0 Å². The van der Waals surface area contributed by atoms with Crippen LogP contribution >= 0.6 is 0 Å². The van der Waals surface area contributed by atoms with E-state index in [0.29, 0.717) is 25.6 Å². The van der Waals surface area contributed by atoms with Crippen LogP contribution in [0.3, 0.4) is 0 Å². The highest BCUT2D eigenvalue weighted by molar-refractivity contribution is 6.00. The van der Waals surface area contributed by atoms with E-state index in [1.54, 1.807) is 4.90 Å². The number of nitrogens with zero attached hydrogens (tertiary/aromatic N) is 1. The van der Waals surface area contributed by atoms with Crippen LogP contribution in [0.4, 0.5) is 0 Å². The summed E-state index contributed by atoms with van der Waals surface area (Å²) < 4.78 is 0. The molecule has 0 bridgehead atoms. The molecule has 1 aliphatic heterocycles. The van der Waals surface area contributed by atoms with Crippen molar-refractivity contribution < 1.29 is 4.79 Å². The molecule has 21 heavy (non-hydrogen) atoms. The van der Waals surface area contributed by atoms with Crippen molar-refractivity contribution >= 4 is 16.8 Å². The van der Waals surface area contributed by atoms with Gasteiger partial charge in [-0.25, -0.2) is 0 Å². The van der Waals surface area contributed by atoms with E-state index in [-0.39, 0.29) is 17.0 Å². The van der Waals surface area contributed by atoms with Crippen LogP contribution in [0.2, 0.25) is 0 Å². The Morgan fingerprint density at radius 2 is 2.19 bits per heavy atom. The van der Waals surface area contributed by atoms with Gasteiger partial charge in [-0.2, -0.15) is 0 Å². The van der Waals surface area contributed by atoms with Gasteiger partial charge in [0, 0.05) is 24.0 Å². The van der Waals surface area contributed by atoms with Gasteiger partial charge in [0.1, 0.15) is 5.56 Å². The van der Waals surface area contributed by atoms with Crippen LogP contribution in [0.5, 0.6) is 0 Å². The van der Waals surface area contributed by atoms with Gasteiger partial charge >= 0.3 is 0 Å². The molecule has 0 saturated carbocycles. The van der Waals surface area contributed by atoms with Crippen molar-refractivity contribution in [3.05, 3.63) is 45.7 Å². The maximum Gasteiger partial charge on any atom is 0.261 e. The molecule has 0 spiro atoms. The monoisotopic (exact) mass is 285 g/mol. The van der Waals surface area contributed by atoms with Crippen molar-refractivity contribution in [3.63, 3.8) is 0 Å². The average Bonchev–Trinajstić information content (AvgIpc) is 2.96. The number of aryl methyl sites for hydroxylation is 1. The van der Waals surface area contributed by atoms with E-state index in [4.69, 9.17) is 5.73 Å². The van der Waals surface area contributed by atoms with Gasteiger partial charge in [-0.05, 0) is 37.4 Å². The standard InChI is InChI=1S/C16H19N3O2/c1-10-12-4-2-3-5-13(12)18-15(20)14(10)16(21)19-7-6-11(8-17)9-19/h2-5,11H,6-9,17H2,1H3,(H,18,20). The number of carbonyl (C=O) groups is 1. The number of nitrogens with one attached hydrogen (secondary N) is 1. The number of H-pyrrole nitrogens is 1. The molecule has 110 valence electrons. The molecule has 1 fully saturated rings. The molecule has 1 aromatic heterocycles. The molecule has 2 aromatic rings. The lowest BCUT2D eigenvalue weighted by molar-refractivity contribution is 0.0785. The molecule has 2 heterocycles. The minimum Gasteiger partial charge on any atom is -0.338 e. The van der Waals surface area contributed by atoms with Gasteiger partial charge in [-0.1, -0.05) is 18.2 Å². The zero-order chi connectivity index (χ0) is 15.0. The zero-order valence-electron chi connectivity index (χ0n) is 12.1. The van der Waals surface area contributed by atoms with Gasteiger partial charge in [0.25, 0.3) is 11.5 Å². The predicted octanol–water partition coefficient (Wildman–Crippen LogP) is 1.26. The minimum atomic E-state index is -0.313. The summed E-state index contributed by atoms with van der Waals surface area (Å²) in [5.41, 5.74) is 7.11. The third-order valence-corrected chi connectivity index (χ3v) is 4.30. The van der Waals surface area contributed by atoms with E-state index < -0.39 is 0 Å². The maximum atomic E-state index is 12.7. The first-order chi connectivity index (χ1) is 10.1. The number of carbonyl (C=O) groups excluding carboxylic acids is 1. The second-order valence-electron chi connectivity index (χ2n) is 5.64. The average molecular weight is 285 g/mol. The van der Waals surface area contributed by atoms with Crippen LogP contribution < -0.4 is 11.3 Å². The topological polar surface area (TPSA) is 79.2 Å². The maximum absolute atomic E-state index is 12.7. The number of aromatic amines is 1. The summed E-state index contributed by atoms with van der Waals surface area (Å²) in [6.45, 7) is 3.73. The molecule has 3 rings (SSSR count). The molecule has 1 saturated heterocycles. The molecule has 1 aliphatic rings. The molecular weight excluding hydrogens is 266 g/mol. The molecule has 5 nitrogen and oxygen atoms in total. The zero-order valence-corrected chi connectivity index (χ0v) is 12.1. The predicted molar refractivity (Wildman–Crippen MR) is 82.4 cm³/mol. The lowest BCUT2D eigenvalue weighted by Gasteiger charge is -2.17. The number of likely N-dealkylation sites (tertiary alicyclic amines) is 1. The highest BCUT2D eigenvalue weighted by Crippen LogP contribution is 2.21. The van der Waals surface area contributed by atoms with Crippen LogP contribution in [-0.4, -0.2) is 35.4 Å². The Labute approximate surface area is 122 Å². The van der Waals surface area contributed by atoms with Crippen LogP contribution in [0.1, 0.15) is 22.3 Å².